The molecule has 0 unspecified atom stereocenters. The molecule has 0 bridgehead atoms. The average Bonchev–Trinajstić information content (AvgIpc) is 2.80. The summed E-state index contributed by atoms with van der Waals surface area (Å²) in [4.78, 5) is 24.4. The van der Waals surface area contributed by atoms with Crippen molar-refractivity contribution in [2.24, 2.45) is 5.92 Å². The summed E-state index contributed by atoms with van der Waals surface area (Å²) in [5.41, 5.74) is 0.589. The highest BCUT2D eigenvalue weighted by Crippen LogP contribution is 2.41. The lowest BCUT2D eigenvalue weighted by atomic mass is 10.1. The van der Waals surface area contributed by atoms with E-state index < -0.39 is 11.9 Å². The standard InChI is InChI=1S/C13H13NO5/c15-11-6-8(13(16)17)7-14(11)9-2-1-3-10-12(9)19-5-4-18-10/h1-3,8H,4-7H2,(H,16,17)/t8-/m1/s1. The van der Waals surface area contributed by atoms with Gasteiger partial charge in [0.1, 0.15) is 13.2 Å². The molecular formula is C13H13NO5. The van der Waals surface area contributed by atoms with Gasteiger partial charge in [-0.3, -0.25) is 9.59 Å². The molecule has 1 aromatic carbocycles. The molecule has 0 radical (unpaired) electrons. The van der Waals surface area contributed by atoms with Crippen LogP contribution < -0.4 is 14.4 Å². The number of ether oxygens (including phenoxy) is 2. The van der Waals surface area contributed by atoms with E-state index in [1.807, 2.05) is 0 Å². The third-order valence-corrected chi connectivity index (χ3v) is 3.31. The molecule has 6 heteroatoms. The highest BCUT2D eigenvalue weighted by Gasteiger charge is 2.37. The van der Waals surface area contributed by atoms with E-state index in [2.05, 4.69) is 0 Å². The number of nitrogens with zero attached hydrogens (tertiary/aromatic N) is 1. The van der Waals surface area contributed by atoms with Gasteiger partial charge in [0, 0.05) is 13.0 Å². The zero-order valence-corrected chi connectivity index (χ0v) is 10.2. The van der Waals surface area contributed by atoms with Crippen molar-refractivity contribution in [3.8, 4) is 11.5 Å². The Kier molecular flexibility index (Phi) is 2.77. The van der Waals surface area contributed by atoms with Gasteiger partial charge in [-0.2, -0.15) is 0 Å². The summed E-state index contributed by atoms with van der Waals surface area (Å²) >= 11 is 0. The number of amides is 1. The second-order valence-corrected chi connectivity index (χ2v) is 4.54. The normalized spacial score (nSPS) is 21.6. The van der Waals surface area contributed by atoms with Crippen molar-refractivity contribution in [3.63, 3.8) is 0 Å². The number of hydrogen-bond donors (Lipinski definition) is 1. The van der Waals surface area contributed by atoms with Crippen molar-refractivity contribution in [1.82, 2.24) is 0 Å². The molecule has 19 heavy (non-hydrogen) atoms. The Morgan fingerprint density at radius 3 is 2.84 bits per heavy atom. The first-order valence-corrected chi connectivity index (χ1v) is 6.08. The Morgan fingerprint density at radius 2 is 2.11 bits per heavy atom. The Labute approximate surface area is 109 Å². The Bertz CT molecular complexity index is 542. The van der Waals surface area contributed by atoms with Crippen LogP contribution in [0.3, 0.4) is 0 Å². The summed E-state index contributed by atoms with van der Waals surface area (Å²) in [5.74, 6) is -0.691. The summed E-state index contributed by atoms with van der Waals surface area (Å²) in [6.07, 6.45) is 0.0276. The van der Waals surface area contributed by atoms with Crippen LogP contribution in [0.15, 0.2) is 18.2 Å². The van der Waals surface area contributed by atoms with Crippen LogP contribution in [0.1, 0.15) is 6.42 Å². The number of carboxylic acid groups (broad SMARTS) is 1. The molecule has 2 aliphatic rings. The molecule has 1 amide bonds. The molecule has 100 valence electrons. The Hall–Kier alpha value is -2.24. The smallest absolute Gasteiger partial charge is 0.308 e. The van der Waals surface area contributed by atoms with Gasteiger partial charge < -0.3 is 19.5 Å². The first-order valence-electron chi connectivity index (χ1n) is 6.08. The van der Waals surface area contributed by atoms with E-state index >= 15 is 0 Å². The number of benzene rings is 1. The second kappa shape index (κ2) is 4.46. The molecule has 0 aromatic heterocycles. The number of carbonyl (C=O) groups is 2. The van der Waals surface area contributed by atoms with Gasteiger partial charge in [0.25, 0.3) is 0 Å². The molecule has 1 N–H and O–H groups in total. The Morgan fingerprint density at radius 1 is 1.32 bits per heavy atom. The maximum absolute atomic E-state index is 11.9. The molecule has 2 aliphatic heterocycles. The van der Waals surface area contributed by atoms with Crippen LogP contribution in [-0.2, 0) is 9.59 Å². The van der Waals surface area contributed by atoms with Crippen molar-refractivity contribution in [1.29, 1.82) is 0 Å². The fourth-order valence-corrected chi connectivity index (χ4v) is 2.38. The number of carboxylic acids is 1. The first-order chi connectivity index (χ1) is 9.16. The molecule has 3 rings (SSSR count). The summed E-state index contributed by atoms with van der Waals surface area (Å²) in [5, 5.41) is 9.00. The van der Waals surface area contributed by atoms with E-state index in [4.69, 9.17) is 14.6 Å². The molecular weight excluding hydrogens is 250 g/mol. The molecule has 0 spiro atoms. The lowest BCUT2D eigenvalue weighted by molar-refractivity contribution is -0.141. The Balaban J connectivity index is 1.95. The van der Waals surface area contributed by atoms with Crippen LogP contribution >= 0.6 is 0 Å². The molecule has 0 aliphatic carbocycles. The fraction of sp³-hybridized carbons (Fsp3) is 0.385. The highest BCUT2D eigenvalue weighted by atomic mass is 16.6. The van der Waals surface area contributed by atoms with E-state index in [1.165, 1.54) is 4.90 Å². The van der Waals surface area contributed by atoms with Crippen LogP contribution in [0.4, 0.5) is 5.69 Å². The van der Waals surface area contributed by atoms with Crippen LogP contribution in [0, 0.1) is 5.92 Å². The topological polar surface area (TPSA) is 76.1 Å². The van der Waals surface area contributed by atoms with Crippen LogP contribution in [0.25, 0.3) is 0 Å². The minimum atomic E-state index is -0.946. The molecule has 1 aromatic rings. The van der Waals surface area contributed by atoms with Gasteiger partial charge in [0.2, 0.25) is 5.91 Å². The van der Waals surface area contributed by atoms with E-state index in [9.17, 15) is 9.59 Å². The number of carbonyl (C=O) groups excluding carboxylic acids is 1. The van der Waals surface area contributed by atoms with E-state index in [0.717, 1.165) is 0 Å². The predicted molar refractivity (Wildman–Crippen MR) is 65.5 cm³/mol. The predicted octanol–water partition coefficient (Wildman–Crippen LogP) is 0.895. The number of aliphatic carboxylic acids is 1. The van der Waals surface area contributed by atoms with E-state index in [0.29, 0.717) is 30.4 Å². The van der Waals surface area contributed by atoms with Crippen LogP contribution in [0.5, 0.6) is 11.5 Å². The summed E-state index contributed by atoms with van der Waals surface area (Å²) in [6.45, 7) is 1.07. The van der Waals surface area contributed by atoms with Crippen molar-refractivity contribution in [2.45, 2.75) is 6.42 Å². The van der Waals surface area contributed by atoms with Crippen LogP contribution in [-0.4, -0.2) is 36.7 Å². The van der Waals surface area contributed by atoms with Gasteiger partial charge in [0.15, 0.2) is 11.5 Å². The average molecular weight is 263 g/mol. The monoisotopic (exact) mass is 263 g/mol. The first kappa shape index (κ1) is 11.8. The molecule has 1 saturated heterocycles. The summed E-state index contributed by atoms with van der Waals surface area (Å²) in [7, 11) is 0. The maximum atomic E-state index is 11.9. The van der Waals surface area contributed by atoms with E-state index in [1.54, 1.807) is 18.2 Å². The van der Waals surface area contributed by atoms with Crippen LogP contribution in [0.2, 0.25) is 0 Å². The van der Waals surface area contributed by atoms with E-state index in [-0.39, 0.29) is 18.9 Å². The van der Waals surface area contributed by atoms with Gasteiger partial charge in [-0.05, 0) is 12.1 Å². The second-order valence-electron chi connectivity index (χ2n) is 4.54. The quantitative estimate of drug-likeness (QED) is 0.857. The molecule has 2 heterocycles. The third-order valence-electron chi connectivity index (χ3n) is 3.31. The minimum Gasteiger partial charge on any atom is -0.486 e. The highest BCUT2D eigenvalue weighted by molar-refractivity contribution is 6.00. The van der Waals surface area contributed by atoms with Gasteiger partial charge in [-0.25, -0.2) is 0 Å². The number of rotatable bonds is 2. The molecule has 1 fully saturated rings. The van der Waals surface area contributed by atoms with Gasteiger partial charge in [0.05, 0.1) is 11.6 Å². The molecule has 0 saturated carbocycles. The third kappa shape index (κ3) is 1.99. The van der Waals surface area contributed by atoms with Crippen molar-refractivity contribution in [2.75, 3.05) is 24.7 Å². The number of para-hydroxylation sites is 1. The SMILES string of the molecule is O=C(O)[C@@H]1CC(=O)N(c2cccc3c2OCCO3)C1. The summed E-state index contributed by atoms with van der Waals surface area (Å²) in [6, 6.07) is 5.28. The molecule has 6 nitrogen and oxygen atoms in total. The zero-order chi connectivity index (χ0) is 13.4. The van der Waals surface area contributed by atoms with Gasteiger partial charge in [-0.1, -0.05) is 6.07 Å². The lowest BCUT2D eigenvalue weighted by Gasteiger charge is -2.25. The lowest BCUT2D eigenvalue weighted by Crippen LogP contribution is -2.27. The minimum absolute atomic E-state index is 0.0276. The number of hydrogen-bond acceptors (Lipinski definition) is 4. The van der Waals surface area contributed by atoms with Crippen molar-refractivity contribution in [3.05, 3.63) is 18.2 Å². The van der Waals surface area contributed by atoms with Gasteiger partial charge >= 0.3 is 5.97 Å². The fourth-order valence-electron chi connectivity index (χ4n) is 2.38. The molecule has 1 atom stereocenters. The number of anilines is 1. The number of fused-ring (bicyclic) bond motifs is 1. The summed E-state index contributed by atoms with van der Waals surface area (Å²) < 4.78 is 11.0. The zero-order valence-electron chi connectivity index (χ0n) is 10.2. The van der Waals surface area contributed by atoms with Crippen molar-refractivity contribution >= 4 is 17.6 Å². The van der Waals surface area contributed by atoms with Gasteiger partial charge in [-0.15, -0.1) is 0 Å². The largest absolute Gasteiger partial charge is 0.486 e. The maximum Gasteiger partial charge on any atom is 0.308 e. The van der Waals surface area contributed by atoms with Crippen molar-refractivity contribution < 1.29 is 24.2 Å².